The first kappa shape index (κ1) is 19.5. The topological polar surface area (TPSA) is 81.7 Å². The van der Waals surface area contributed by atoms with E-state index in [0.29, 0.717) is 13.1 Å². The number of rotatable bonds is 9. The van der Waals surface area contributed by atoms with Crippen LogP contribution < -0.4 is 10.6 Å². The lowest BCUT2D eigenvalue weighted by atomic mass is 9.85. The summed E-state index contributed by atoms with van der Waals surface area (Å²) in [5.41, 5.74) is 1.16. The van der Waals surface area contributed by atoms with E-state index in [1.807, 2.05) is 36.1 Å². The summed E-state index contributed by atoms with van der Waals surface area (Å²) in [6.45, 7) is 3.33. The highest BCUT2D eigenvalue weighted by Gasteiger charge is 2.34. The van der Waals surface area contributed by atoms with Crippen molar-refractivity contribution in [1.82, 2.24) is 15.5 Å². The molecule has 0 aliphatic heterocycles. The van der Waals surface area contributed by atoms with Crippen LogP contribution in [0.3, 0.4) is 0 Å². The maximum Gasteiger partial charge on any atom is 0.317 e. The molecule has 1 saturated carbocycles. The Kier molecular flexibility index (Phi) is 7.52. The Bertz CT molecular complexity index is 591. The molecule has 0 bridgehead atoms. The molecule has 2 amide bonds. The minimum absolute atomic E-state index is 0.0591. The molecule has 1 aromatic carbocycles. The van der Waals surface area contributed by atoms with Crippen molar-refractivity contribution in [2.45, 2.75) is 44.7 Å². The van der Waals surface area contributed by atoms with Crippen molar-refractivity contribution in [3.05, 3.63) is 34.9 Å². The summed E-state index contributed by atoms with van der Waals surface area (Å²) in [4.78, 5) is 24.6. The lowest BCUT2D eigenvalue weighted by Crippen LogP contribution is -2.56. The molecule has 0 atom stereocenters. The van der Waals surface area contributed by atoms with Gasteiger partial charge in [0.2, 0.25) is 0 Å². The Labute approximate surface area is 153 Å². The van der Waals surface area contributed by atoms with E-state index in [4.69, 9.17) is 16.7 Å². The lowest BCUT2D eigenvalue weighted by molar-refractivity contribution is -0.139. The van der Waals surface area contributed by atoms with Gasteiger partial charge in [0.05, 0.1) is 6.54 Å². The summed E-state index contributed by atoms with van der Waals surface area (Å²) in [7, 11) is 0. The first-order valence-corrected chi connectivity index (χ1v) is 9.10. The predicted octanol–water partition coefficient (Wildman–Crippen LogP) is 2.51. The monoisotopic (exact) mass is 367 g/mol. The second-order valence-electron chi connectivity index (χ2n) is 6.41. The number of carbonyl (C=O) groups excluding carboxylic acids is 1. The summed E-state index contributed by atoms with van der Waals surface area (Å²) in [5, 5.41) is 15.4. The summed E-state index contributed by atoms with van der Waals surface area (Å²) >= 11 is 5.94. The average molecular weight is 368 g/mol. The van der Waals surface area contributed by atoms with Gasteiger partial charge in [-0.15, -0.1) is 0 Å². The maximum atomic E-state index is 11.9. The van der Waals surface area contributed by atoms with E-state index in [0.717, 1.165) is 36.3 Å². The highest BCUT2D eigenvalue weighted by molar-refractivity contribution is 6.30. The first-order chi connectivity index (χ1) is 12.0. The Morgan fingerprint density at radius 2 is 2.12 bits per heavy atom. The van der Waals surface area contributed by atoms with Gasteiger partial charge in [-0.05, 0) is 49.9 Å². The van der Waals surface area contributed by atoms with Crippen LogP contribution in [-0.4, -0.2) is 53.7 Å². The van der Waals surface area contributed by atoms with E-state index in [9.17, 15) is 9.59 Å². The molecule has 0 spiro atoms. The first-order valence-electron chi connectivity index (χ1n) is 8.72. The van der Waals surface area contributed by atoms with Crippen molar-refractivity contribution in [2.75, 3.05) is 19.6 Å². The third-order valence-corrected chi connectivity index (χ3v) is 4.76. The van der Waals surface area contributed by atoms with Crippen molar-refractivity contribution in [3.8, 4) is 0 Å². The zero-order valence-electron chi connectivity index (χ0n) is 14.5. The van der Waals surface area contributed by atoms with E-state index in [1.165, 1.54) is 0 Å². The van der Waals surface area contributed by atoms with Crippen LogP contribution in [0, 0.1) is 0 Å². The van der Waals surface area contributed by atoms with E-state index >= 15 is 0 Å². The highest BCUT2D eigenvalue weighted by Crippen LogP contribution is 2.25. The molecular weight excluding hydrogens is 342 g/mol. The molecule has 0 unspecified atom stereocenters. The van der Waals surface area contributed by atoms with E-state index in [1.54, 1.807) is 0 Å². The number of likely N-dealkylation sites (N-methyl/N-ethyl adjacent to an activating group) is 1. The van der Waals surface area contributed by atoms with Gasteiger partial charge >= 0.3 is 12.0 Å². The Morgan fingerprint density at radius 1 is 1.36 bits per heavy atom. The Hall–Kier alpha value is -1.79. The molecule has 0 radical (unpaired) electrons. The molecule has 1 aliphatic rings. The van der Waals surface area contributed by atoms with Crippen LogP contribution in [0.4, 0.5) is 4.79 Å². The molecule has 6 nitrogen and oxygen atoms in total. The van der Waals surface area contributed by atoms with Gasteiger partial charge in [-0.3, -0.25) is 9.69 Å². The van der Waals surface area contributed by atoms with Crippen molar-refractivity contribution in [2.24, 2.45) is 0 Å². The number of urea groups is 1. The number of nitrogens with zero attached hydrogens (tertiary/aromatic N) is 1. The van der Waals surface area contributed by atoms with Crippen LogP contribution in [0.25, 0.3) is 0 Å². The zero-order chi connectivity index (χ0) is 18.2. The molecule has 3 N–H and O–H groups in total. The van der Waals surface area contributed by atoms with Gasteiger partial charge in [-0.2, -0.15) is 0 Å². The summed E-state index contributed by atoms with van der Waals surface area (Å²) in [6.07, 6.45) is 3.32. The number of carboxylic acid groups (broad SMARTS) is 1. The summed E-state index contributed by atoms with van der Waals surface area (Å²) in [6, 6.07) is 7.95. The third-order valence-electron chi connectivity index (χ3n) is 4.53. The second-order valence-corrected chi connectivity index (χ2v) is 6.85. The number of carbonyl (C=O) groups is 2. The predicted molar refractivity (Wildman–Crippen MR) is 98.0 cm³/mol. The fraction of sp³-hybridized carbons (Fsp3) is 0.556. The highest BCUT2D eigenvalue weighted by atomic mass is 35.5. The van der Waals surface area contributed by atoms with Crippen LogP contribution in [0.2, 0.25) is 5.02 Å². The quantitative estimate of drug-likeness (QED) is 0.586. The number of hydrogen-bond acceptors (Lipinski definition) is 3. The minimum Gasteiger partial charge on any atom is -0.480 e. The van der Waals surface area contributed by atoms with Crippen molar-refractivity contribution in [1.29, 1.82) is 0 Å². The van der Waals surface area contributed by atoms with Gasteiger partial charge in [-0.1, -0.05) is 30.7 Å². The van der Waals surface area contributed by atoms with Crippen molar-refractivity contribution >= 4 is 23.6 Å². The Balaban J connectivity index is 1.58. The Morgan fingerprint density at radius 3 is 2.76 bits per heavy atom. The average Bonchev–Trinajstić information content (AvgIpc) is 2.52. The van der Waals surface area contributed by atoms with Crippen LogP contribution in [0.15, 0.2) is 24.3 Å². The molecule has 1 fully saturated rings. The fourth-order valence-corrected chi connectivity index (χ4v) is 3.31. The fourth-order valence-electron chi connectivity index (χ4n) is 3.10. The molecule has 2 rings (SSSR count). The van der Waals surface area contributed by atoms with E-state index in [-0.39, 0.29) is 24.7 Å². The molecule has 25 heavy (non-hydrogen) atoms. The van der Waals surface area contributed by atoms with Crippen molar-refractivity contribution in [3.63, 3.8) is 0 Å². The summed E-state index contributed by atoms with van der Waals surface area (Å²) in [5.74, 6) is -0.810. The molecule has 7 heteroatoms. The maximum absolute atomic E-state index is 11.9. The molecule has 1 aromatic rings. The van der Waals surface area contributed by atoms with Crippen LogP contribution in [-0.2, 0) is 11.2 Å². The third kappa shape index (κ3) is 6.55. The SMILES string of the molecule is CCN(CC(=O)O)C1CC(NC(=O)NCCCc2cccc(Cl)c2)C1. The minimum atomic E-state index is -0.810. The number of carboxylic acids is 1. The number of hydrogen-bond donors (Lipinski definition) is 3. The smallest absolute Gasteiger partial charge is 0.317 e. The van der Waals surface area contributed by atoms with Gasteiger partial charge in [0, 0.05) is 23.7 Å². The van der Waals surface area contributed by atoms with E-state index < -0.39 is 5.97 Å². The van der Waals surface area contributed by atoms with Gasteiger partial charge in [0.15, 0.2) is 0 Å². The number of aliphatic carboxylic acids is 1. The van der Waals surface area contributed by atoms with Crippen molar-refractivity contribution < 1.29 is 14.7 Å². The normalized spacial score (nSPS) is 19.3. The zero-order valence-corrected chi connectivity index (χ0v) is 15.3. The molecule has 138 valence electrons. The number of aryl methyl sites for hydroxylation is 1. The molecule has 0 heterocycles. The molecule has 0 aromatic heterocycles. The van der Waals surface area contributed by atoms with Crippen LogP contribution in [0.1, 0.15) is 31.7 Å². The van der Waals surface area contributed by atoms with E-state index in [2.05, 4.69) is 10.6 Å². The number of halogens is 1. The molecular formula is C18H26ClN3O3. The van der Waals surface area contributed by atoms with Gasteiger partial charge in [0.25, 0.3) is 0 Å². The lowest BCUT2D eigenvalue weighted by Gasteiger charge is -2.42. The largest absolute Gasteiger partial charge is 0.480 e. The van der Waals surface area contributed by atoms with Gasteiger partial charge in [-0.25, -0.2) is 4.79 Å². The van der Waals surface area contributed by atoms with Crippen LogP contribution >= 0.6 is 11.6 Å². The second kappa shape index (κ2) is 9.63. The summed E-state index contributed by atoms with van der Waals surface area (Å²) < 4.78 is 0. The van der Waals surface area contributed by atoms with Gasteiger partial charge in [0.1, 0.15) is 0 Å². The number of amides is 2. The van der Waals surface area contributed by atoms with Gasteiger partial charge < -0.3 is 15.7 Å². The molecule has 0 saturated heterocycles. The standard InChI is InChI=1S/C18H26ClN3O3/c1-2-22(12-17(23)24)16-10-15(11-16)21-18(25)20-8-4-6-13-5-3-7-14(19)9-13/h3,5,7,9,15-16H,2,4,6,8,10-12H2,1H3,(H,23,24)(H2,20,21,25). The number of nitrogens with one attached hydrogen (secondary N) is 2. The molecule has 1 aliphatic carbocycles. The van der Waals surface area contributed by atoms with Crippen LogP contribution in [0.5, 0.6) is 0 Å². The number of benzene rings is 1.